The van der Waals surface area contributed by atoms with E-state index < -0.39 is 4.92 Å². The lowest BCUT2D eigenvalue weighted by Crippen LogP contribution is -2.24. The quantitative estimate of drug-likeness (QED) is 0.529. The molecule has 0 bridgehead atoms. The van der Waals surface area contributed by atoms with E-state index in [1.807, 2.05) is 45.0 Å². The van der Waals surface area contributed by atoms with Crippen LogP contribution in [0.5, 0.6) is 0 Å². The van der Waals surface area contributed by atoms with Crippen LogP contribution in [0.4, 0.5) is 5.69 Å². The number of amides is 1. The molecule has 0 aliphatic rings. The highest BCUT2D eigenvalue weighted by Crippen LogP contribution is 2.26. The molecule has 0 aliphatic carbocycles. The smallest absolute Gasteiger partial charge is 0.286 e. The Balaban J connectivity index is 2.05. The van der Waals surface area contributed by atoms with Gasteiger partial charge < -0.3 is 5.32 Å². The molecule has 7 nitrogen and oxygen atoms in total. The Bertz CT molecular complexity index is 990. The summed E-state index contributed by atoms with van der Waals surface area (Å²) in [6.45, 7) is 6.21. The highest BCUT2D eigenvalue weighted by molar-refractivity contribution is 5.76. The Morgan fingerprint density at radius 1 is 1.22 bits per heavy atom. The molecule has 0 saturated heterocycles. The van der Waals surface area contributed by atoms with Gasteiger partial charge in [-0.1, -0.05) is 43.7 Å². The van der Waals surface area contributed by atoms with Crippen LogP contribution in [0.3, 0.4) is 0 Å². The average molecular weight is 366 g/mol. The molecule has 0 atom stereocenters. The molecular weight excluding hydrogens is 344 g/mol. The van der Waals surface area contributed by atoms with E-state index in [4.69, 9.17) is 0 Å². The summed E-state index contributed by atoms with van der Waals surface area (Å²) in [4.78, 5) is 27.5. The number of aryl methyl sites for hydroxylation is 1. The molecule has 7 heteroatoms. The van der Waals surface area contributed by atoms with E-state index in [0.717, 1.165) is 16.8 Å². The number of hydrogen-bond donors (Lipinski definition) is 1. The molecule has 1 aromatic carbocycles. The molecule has 2 aromatic heterocycles. The monoisotopic (exact) mass is 366 g/mol. The van der Waals surface area contributed by atoms with Gasteiger partial charge in [0.2, 0.25) is 5.91 Å². The van der Waals surface area contributed by atoms with Gasteiger partial charge in [0.05, 0.1) is 29.1 Å². The summed E-state index contributed by atoms with van der Waals surface area (Å²) in [6, 6.07) is 11.0. The zero-order valence-electron chi connectivity index (χ0n) is 15.6. The van der Waals surface area contributed by atoms with Gasteiger partial charge in [0.25, 0.3) is 5.69 Å². The van der Waals surface area contributed by atoms with Crippen LogP contribution >= 0.6 is 0 Å². The number of fused-ring (bicyclic) bond motifs is 1. The van der Waals surface area contributed by atoms with Gasteiger partial charge in [0.15, 0.2) is 0 Å². The van der Waals surface area contributed by atoms with Gasteiger partial charge in [-0.15, -0.1) is 0 Å². The number of pyridine rings is 1. The molecule has 3 aromatic rings. The molecule has 0 radical (unpaired) electrons. The highest BCUT2D eigenvalue weighted by Gasteiger charge is 2.17. The summed E-state index contributed by atoms with van der Waals surface area (Å²) in [5.41, 5.74) is 4.04. The van der Waals surface area contributed by atoms with Crippen LogP contribution in [-0.2, 0) is 11.3 Å². The standard InChI is InChI=1S/C20H22N4O3/c1-13(2)10-19(25)21-11-17-20(15-6-4-14(3)5-7-15)22-18-9-8-16(24(26)27)12-23(17)18/h4-9,12-13H,10-11H2,1-3H3,(H,21,25). The SMILES string of the molecule is Cc1ccc(-c2nc3ccc([N+](=O)[O-])cn3c2CNC(=O)CC(C)C)cc1. The summed E-state index contributed by atoms with van der Waals surface area (Å²) in [5.74, 6) is 0.199. The Morgan fingerprint density at radius 3 is 2.56 bits per heavy atom. The summed E-state index contributed by atoms with van der Waals surface area (Å²) in [5, 5.41) is 14.1. The number of carbonyl (C=O) groups is 1. The molecule has 0 unspecified atom stereocenters. The van der Waals surface area contributed by atoms with Crippen molar-refractivity contribution in [1.29, 1.82) is 0 Å². The minimum absolute atomic E-state index is 0.0230. The maximum atomic E-state index is 12.1. The van der Waals surface area contributed by atoms with E-state index in [-0.39, 0.29) is 24.1 Å². The predicted octanol–water partition coefficient (Wildman–Crippen LogP) is 3.88. The van der Waals surface area contributed by atoms with Crippen molar-refractivity contribution >= 4 is 17.2 Å². The normalized spacial score (nSPS) is 11.1. The predicted molar refractivity (Wildman–Crippen MR) is 103 cm³/mol. The molecule has 140 valence electrons. The third kappa shape index (κ3) is 4.13. The second-order valence-electron chi connectivity index (χ2n) is 7.02. The molecule has 1 N–H and O–H groups in total. The lowest BCUT2D eigenvalue weighted by Gasteiger charge is -2.09. The van der Waals surface area contributed by atoms with Crippen LogP contribution in [0.2, 0.25) is 0 Å². The molecule has 3 rings (SSSR count). The van der Waals surface area contributed by atoms with E-state index in [2.05, 4.69) is 10.3 Å². The number of nitrogens with one attached hydrogen (secondary N) is 1. The van der Waals surface area contributed by atoms with Gasteiger partial charge in [0, 0.05) is 18.1 Å². The van der Waals surface area contributed by atoms with Crippen molar-refractivity contribution in [3.05, 3.63) is 64.0 Å². The van der Waals surface area contributed by atoms with E-state index in [0.29, 0.717) is 17.8 Å². The number of nitro groups is 1. The van der Waals surface area contributed by atoms with Gasteiger partial charge in [-0.25, -0.2) is 4.98 Å². The van der Waals surface area contributed by atoms with Gasteiger partial charge in [-0.3, -0.25) is 19.3 Å². The number of hydrogen-bond acceptors (Lipinski definition) is 4. The minimum atomic E-state index is -0.438. The molecule has 27 heavy (non-hydrogen) atoms. The molecule has 1 amide bonds. The molecule has 0 saturated carbocycles. The van der Waals surface area contributed by atoms with Gasteiger partial charge in [-0.05, 0) is 18.9 Å². The molecule has 0 fully saturated rings. The van der Waals surface area contributed by atoms with Crippen LogP contribution in [-0.4, -0.2) is 20.2 Å². The summed E-state index contributed by atoms with van der Waals surface area (Å²) in [7, 11) is 0. The first-order valence-corrected chi connectivity index (χ1v) is 8.84. The van der Waals surface area contributed by atoms with E-state index in [9.17, 15) is 14.9 Å². The molecule has 2 heterocycles. The van der Waals surface area contributed by atoms with Gasteiger partial charge in [-0.2, -0.15) is 0 Å². The van der Waals surface area contributed by atoms with E-state index in [1.165, 1.54) is 12.3 Å². The number of aromatic nitrogens is 2. The zero-order valence-corrected chi connectivity index (χ0v) is 15.6. The van der Waals surface area contributed by atoms with E-state index in [1.54, 1.807) is 10.5 Å². The first-order valence-electron chi connectivity index (χ1n) is 8.84. The van der Waals surface area contributed by atoms with Crippen molar-refractivity contribution in [3.8, 4) is 11.3 Å². The second-order valence-corrected chi connectivity index (χ2v) is 7.02. The molecular formula is C20H22N4O3. The highest BCUT2D eigenvalue weighted by atomic mass is 16.6. The zero-order chi connectivity index (χ0) is 19.6. The number of imidazole rings is 1. The van der Waals surface area contributed by atoms with Crippen molar-refractivity contribution in [1.82, 2.24) is 14.7 Å². The summed E-state index contributed by atoms with van der Waals surface area (Å²) < 4.78 is 1.68. The largest absolute Gasteiger partial charge is 0.350 e. The maximum Gasteiger partial charge on any atom is 0.286 e. The van der Waals surface area contributed by atoms with Gasteiger partial charge >= 0.3 is 0 Å². The maximum absolute atomic E-state index is 12.1. The first kappa shape index (κ1) is 18.6. The molecule has 0 spiro atoms. The van der Waals surface area contributed by atoms with Crippen molar-refractivity contribution in [2.24, 2.45) is 5.92 Å². The van der Waals surface area contributed by atoms with Crippen molar-refractivity contribution < 1.29 is 9.72 Å². The lowest BCUT2D eigenvalue weighted by molar-refractivity contribution is -0.385. The number of carbonyl (C=O) groups excluding carboxylic acids is 1. The Labute approximate surface area is 157 Å². The third-order valence-electron chi connectivity index (χ3n) is 4.28. The Kier molecular flexibility index (Phi) is 5.21. The topological polar surface area (TPSA) is 89.5 Å². The first-order chi connectivity index (χ1) is 12.8. The van der Waals surface area contributed by atoms with Crippen LogP contribution in [0.1, 0.15) is 31.5 Å². The van der Waals surface area contributed by atoms with Crippen LogP contribution in [0, 0.1) is 23.0 Å². The fraction of sp³-hybridized carbons (Fsp3) is 0.300. The van der Waals surface area contributed by atoms with Crippen molar-refractivity contribution in [3.63, 3.8) is 0 Å². The van der Waals surface area contributed by atoms with Crippen LogP contribution in [0.25, 0.3) is 16.9 Å². The molecule has 0 aliphatic heterocycles. The van der Waals surface area contributed by atoms with Crippen molar-refractivity contribution in [2.45, 2.75) is 33.7 Å². The fourth-order valence-electron chi connectivity index (χ4n) is 2.93. The lowest BCUT2D eigenvalue weighted by atomic mass is 10.1. The Morgan fingerprint density at radius 2 is 1.93 bits per heavy atom. The van der Waals surface area contributed by atoms with E-state index >= 15 is 0 Å². The number of nitrogens with zero attached hydrogens (tertiary/aromatic N) is 3. The van der Waals surface area contributed by atoms with Crippen LogP contribution < -0.4 is 5.32 Å². The fourth-order valence-corrected chi connectivity index (χ4v) is 2.93. The van der Waals surface area contributed by atoms with Crippen molar-refractivity contribution in [2.75, 3.05) is 0 Å². The van der Waals surface area contributed by atoms with Gasteiger partial charge in [0.1, 0.15) is 5.65 Å². The van der Waals surface area contributed by atoms with Crippen LogP contribution in [0.15, 0.2) is 42.6 Å². The number of benzene rings is 1. The third-order valence-corrected chi connectivity index (χ3v) is 4.28. The summed E-state index contributed by atoms with van der Waals surface area (Å²) in [6.07, 6.45) is 1.88. The second kappa shape index (κ2) is 7.57. The summed E-state index contributed by atoms with van der Waals surface area (Å²) >= 11 is 0. The average Bonchev–Trinajstić information content (AvgIpc) is 2.97. The Hall–Kier alpha value is -3.22. The minimum Gasteiger partial charge on any atom is -0.350 e. The number of rotatable bonds is 6.